The molecule has 1 N–H and O–H groups in total. The first-order valence-electron chi connectivity index (χ1n) is 8.07. The Morgan fingerprint density at radius 1 is 1.24 bits per heavy atom. The third-order valence-corrected chi connectivity index (χ3v) is 3.68. The minimum Gasteiger partial charge on any atom is -0.379 e. The summed E-state index contributed by atoms with van der Waals surface area (Å²) in [6, 6.07) is -0.754. The summed E-state index contributed by atoms with van der Waals surface area (Å²) < 4.78 is 5.58. The summed E-state index contributed by atoms with van der Waals surface area (Å²) >= 11 is 0. The largest absolute Gasteiger partial charge is 0.379 e. The Hall–Kier alpha value is -1.10. The standard InChI is InChI=1S/C16H30N2O3/c1-6-7-13-15(19)17-14(12(4)5)16(20)18(13)8-9-21-10-11(2)3/h11-14H,6-10H2,1-5H3,(H,17,19). The van der Waals surface area contributed by atoms with Crippen molar-refractivity contribution in [1.29, 1.82) is 0 Å². The number of carbonyl (C=O) groups excluding carboxylic acids is 2. The van der Waals surface area contributed by atoms with Crippen molar-refractivity contribution >= 4 is 11.8 Å². The zero-order valence-electron chi connectivity index (χ0n) is 14.0. The van der Waals surface area contributed by atoms with Crippen LogP contribution in [0.1, 0.15) is 47.5 Å². The van der Waals surface area contributed by atoms with Crippen molar-refractivity contribution < 1.29 is 14.3 Å². The second-order valence-electron chi connectivity index (χ2n) is 6.54. The van der Waals surface area contributed by atoms with Gasteiger partial charge in [0.15, 0.2) is 0 Å². The Bertz CT molecular complexity index is 355. The third kappa shape index (κ3) is 4.99. The van der Waals surface area contributed by atoms with Gasteiger partial charge in [0.2, 0.25) is 11.8 Å². The number of nitrogens with one attached hydrogen (secondary N) is 1. The quantitative estimate of drug-likeness (QED) is 0.695. The van der Waals surface area contributed by atoms with Gasteiger partial charge in [-0.2, -0.15) is 0 Å². The molecule has 0 aromatic carbocycles. The molecule has 0 saturated carbocycles. The first-order chi connectivity index (χ1) is 9.88. The van der Waals surface area contributed by atoms with Crippen LogP contribution in [0.3, 0.4) is 0 Å². The van der Waals surface area contributed by atoms with Gasteiger partial charge in [-0.25, -0.2) is 0 Å². The lowest BCUT2D eigenvalue weighted by Crippen LogP contribution is -2.65. The van der Waals surface area contributed by atoms with Crippen LogP contribution >= 0.6 is 0 Å². The molecule has 1 aliphatic heterocycles. The van der Waals surface area contributed by atoms with Crippen LogP contribution in [0.4, 0.5) is 0 Å². The molecule has 0 aromatic rings. The van der Waals surface area contributed by atoms with Crippen molar-refractivity contribution in [2.24, 2.45) is 11.8 Å². The van der Waals surface area contributed by atoms with Crippen LogP contribution in [0.25, 0.3) is 0 Å². The van der Waals surface area contributed by atoms with Crippen molar-refractivity contribution in [1.82, 2.24) is 10.2 Å². The number of ether oxygens (including phenoxy) is 1. The van der Waals surface area contributed by atoms with Gasteiger partial charge in [-0.05, 0) is 18.3 Å². The lowest BCUT2D eigenvalue weighted by atomic mass is 9.96. The van der Waals surface area contributed by atoms with E-state index in [4.69, 9.17) is 4.74 Å². The summed E-state index contributed by atoms with van der Waals surface area (Å²) in [5.41, 5.74) is 0. The number of piperazine rings is 1. The average molecular weight is 298 g/mol. The molecule has 21 heavy (non-hydrogen) atoms. The summed E-state index contributed by atoms with van der Waals surface area (Å²) in [6.45, 7) is 11.8. The molecule has 5 nitrogen and oxygen atoms in total. The topological polar surface area (TPSA) is 58.6 Å². The smallest absolute Gasteiger partial charge is 0.246 e. The maximum absolute atomic E-state index is 12.6. The molecule has 5 heteroatoms. The lowest BCUT2D eigenvalue weighted by Gasteiger charge is -2.40. The Morgan fingerprint density at radius 2 is 1.90 bits per heavy atom. The monoisotopic (exact) mass is 298 g/mol. The molecule has 1 rings (SSSR count). The zero-order chi connectivity index (χ0) is 16.0. The van der Waals surface area contributed by atoms with E-state index in [-0.39, 0.29) is 23.8 Å². The van der Waals surface area contributed by atoms with Crippen molar-refractivity contribution in [3.05, 3.63) is 0 Å². The molecule has 1 fully saturated rings. The number of nitrogens with zero attached hydrogens (tertiary/aromatic N) is 1. The number of hydrogen-bond donors (Lipinski definition) is 1. The van der Waals surface area contributed by atoms with Gasteiger partial charge < -0.3 is 15.0 Å². The molecule has 0 aliphatic carbocycles. The molecule has 2 unspecified atom stereocenters. The fourth-order valence-electron chi connectivity index (χ4n) is 2.55. The van der Waals surface area contributed by atoms with Gasteiger partial charge in [0.1, 0.15) is 12.1 Å². The third-order valence-electron chi connectivity index (χ3n) is 3.68. The maximum atomic E-state index is 12.6. The summed E-state index contributed by atoms with van der Waals surface area (Å²) in [4.78, 5) is 26.5. The van der Waals surface area contributed by atoms with Gasteiger partial charge in [-0.3, -0.25) is 9.59 Å². The van der Waals surface area contributed by atoms with Crippen LogP contribution in [-0.4, -0.2) is 48.6 Å². The molecule has 2 amide bonds. The lowest BCUT2D eigenvalue weighted by molar-refractivity contribution is -0.151. The highest BCUT2D eigenvalue weighted by Gasteiger charge is 2.40. The molecular formula is C16H30N2O3. The molecule has 1 saturated heterocycles. The summed E-state index contributed by atoms with van der Waals surface area (Å²) in [7, 11) is 0. The van der Waals surface area contributed by atoms with E-state index in [0.717, 1.165) is 6.42 Å². The van der Waals surface area contributed by atoms with Gasteiger partial charge in [-0.1, -0.05) is 41.0 Å². The average Bonchev–Trinajstić information content (AvgIpc) is 2.40. The van der Waals surface area contributed by atoms with E-state index in [1.54, 1.807) is 4.90 Å². The van der Waals surface area contributed by atoms with Gasteiger partial charge in [0, 0.05) is 13.2 Å². The number of carbonyl (C=O) groups is 2. The SMILES string of the molecule is CCCC1C(=O)NC(C(C)C)C(=O)N1CCOCC(C)C. The van der Waals surface area contributed by atoms with Gasteiger partial charge >= 0.3 is 0 Å². The Labute approximate surface area is 128 Å². The molecule has 0 aromatic heterocycles. The minimum atomic E-state index is -0.407. The number of amides is 2. The van der Waals surface area contributed by atoms with E-state index < -0.39 is 6.04 Å². The van der Waals surface area contributed by atoms with Crippen molar-refractivity contribution in [3.63, 3.8) is 0 Å². The van der Waals surface area contributed by atoms with Crippen LogP contribution in [0.2, 0.25) is 0 Å². The summed E-state index contributed by atoms with van der Waals surface area (Å²) in [5, 5.41) is 2.87. The van der Waals surface area contributed by atoms with E-state index in [1.165, 1.54) is 0 Å². The Morgan fingerprint density at radius 3 is 2.43 bits per heavy atom. The van der Waals surface area contributed by atoms with Crippen molar-refractivity contribution in [2.45, 2.75) is 59.5 Å². The molecule has 122 valence electrons. The van der Waals surface area contributed by atoms with Crippen LogP contribution < -0.4 is 5.32 Å². The highest BCUT2D eigenvalue weighted by molar-refractivity contribution is 5.97. The highest BCUT2D eigenvalue weighted by atomic mass is 16.5. The van der Waals surface area contributed by atoms with E-state index >= 15 is 0 Å². The normalized spacial score (nSPS) is 23.1. The highest BCUT2D eigenvalue weighted by Crippen LogP contribution is 2.18. The first kappa shape index (κ1) is 18.0. The fourth-order valence-corrected chi connectivity index (χ4v) is 2.55. The molecule has 0 radical (unpaired) electrons. The fraction of sp³-hybridized carbons (Fsp3) is 0.875. The van der Waals surface area contributed by atoms with Crippen LogP contribution in [0, 0.1) is 11.8 Å². The number of rotatable bonds is 8. The van der Waals surface area contributed by atoms with Crippen LogP contribution in [0.5, 0.6) is 0 Å². The summed E-state index contributed by atoms with van der Waals surface area (Å²) in [6.07, 6.45) is 1.58. The van der Waals surface area contributed by atoms with Gasteiger partial charge in [-0.15, -0.1) is 0 Å². The van der Waals surface area contributed by atoms with Crippen LogP contribution in [-0.2, 0) is 14.3 Å². The molecule has 0 spiro atoms. The van der Waals surface area contributed by atoms with Crippen molar-refractivity contribution in [3.8, 4) is 0 Å². The Kier molecular flexibility index (Phi) is 7.15. The second kappa shape index (κ2) is 8.37. The summed E-state index contributed by atoms with van der Waals surface area (Å²) in [5.74, 6) is 0.568. The molecular weight excluding hydrogens is 268 g/mol. The predicted molar refractivity (Wildman–Crippen MR) is 82.8 cm³/mol. The minimum absolute atomic E-state index is 0.0243. The molecule has 0 bridgehead atoms. The molecule has 1 aliphatic rings. The number of hydrogen-bond acceptors (Lipinski definition) is 3. The predicted octanol–water partition coefficient (Wildman–Crippen LogP) is 1.81. The molecule has 2 atom stereocenters. The van der Waals surface area contributed by atoms with Gasteiger partial charge in [0.25, 0.3) is 0 Å². The van der Waals surface area contributed by atoms with E-state index in [0.29, 0.717) is 32.1 Å². The van der Waals surface area contributed by atoms with Crippen molar-refractivity contribution in [2.75, 3.05) is 19.8 Å². The Balaban J connectivity index is 2.70. The van der Waals surface area contributed by atoms with Crippen LogP contribution in [0.15, 0.2) is 0 Å². The van der Waals surface area contributed by atoms with E-state index in [1.807, 2.05) is 20.8 Å². The van der Waals surface area contributed by atoms with E-state index in [2.05, 4.69) is 19.2 Å². The molecule has 1 heterocycles. The van der Waals surface area contributed by atoms with Gasteiger partial charge in [0.05, 0.1) is 6.61 Å². The zero-order valence-corrected chi connectivity index (χ0v) is 14.0. The second-order valence-corrected chi connectivity index (χ2v) is 6.54. The first-order valence-corrected chi connectivity index (χ1v) is 8.07. The maximum Gasteiger partial charge on any atom is 0.246 e. The van der Waals surface area contributed by atoms with E-state index in [9.17, 15) is 9.59 Å².